The Morgan fingerprint density at radius 1 is 0.737 bits per heavy atom. The van der Waals surface area contributed by atoms with Crippen LogP contribution in [0.4, 0.5) is 0 Å². The molecule has 0 amide bonds. The molecule has 0 spiro atoms. The maximum absolute atomic E-state index is 9.66. The highest BCUT2D eigenvalue weighted by atomic mass is 16.7. The van der Waals surface area contributed by atoms with Gasteiger partial charge in [0, 0.05) is 0 Å². The Morgan fingerprint density at radius 2 is 1.37 bits per heavy atom. The minimum atomic E-state index is -1.54. The number of ether oxygens (including phenoxy) is 3. The summed E-state index contributed by atoms with van der Waals surface area (Å²) < 4.78 is 14.8. The van der Waals surface area contributed by atoms with Crippen molar-refractivity contribution < 1.29 is 44.8 Å². The first-order chi connectivity index (χ1) is 8.91. The van der Waals surface area contributed by atoms with Gasteiger partial charge >= 0.3 is 0 Å². The van der Waals surface area contributed by atoms with Gasteiger partial charge < -0.3 is 44.8 Å². The molecule has 6 N–H and O–H groups in total. The molecule has 2 rings (SSSR count). The fourth-order valence-corrected chi connectivity index (χ4v) is 2.01. The fourth-order valence-electron chi connectivity index (χ4n) is 2.01. The maximum Gasteiger partial charge on any atom is 0.186 e. The van der Waals surface area contributed by atoms with Gasteiger partial charge in [-0.15, -0.1) is 0 Å². The second kappa shape index (κ2) is 5.95. The summed E-state index contributed by atoms with van der Waals surface area (Å²) in [4.78, 5) is 0. The normalized spacial score (nSPS) is 52.1. The van der Waals surface area contributed by atoms with E-state index >= 15 is 0 Å². The van der Waals surface area contributed by atoms with E-state index in [1.807, 2.05) is 0 Å². The van der Waals surface area contributed by atoms with Crippen LogP contribution in [0.25, 0.3) is 0 Å². The number of hydrogen-bond acceptors (Lipinski definition) is 9. The molecular formula is C10H18O9. The smallest absolute Gasteiger partial charge is 0.186 e. The van der Waals surface area contributed by atoms with Crippen molar-refractivity contribution in [3.05, 3.63) is 0 Å². The number of hydrogen-bond donors (Lipinski definition) is 6. The Bertz CT molecular complexity index is 301. The molecule has 2 saturated heterocycles. The summed E-state index contributed by atoms with van der Waals surface area (Å²) in [5.41, 5.74) is 0. The van der Waals surface area contributed by atoms with Gasteiger partial charge in [-0.1, -0.05) is 0 Å². The van der Waals surface area contributed by atoms with E-state index in [-0.39, 0.29) is 13.2 Å². The summed E-state index contributed by atoms with van der Waals surface area (Å²) in [6, 6.07) is 0. The van der Waals surface area contributed by atoms with Gasteiger partial charge in [-0.3, -0.25) is 0 Å². The number of aliphatic hydroxyl groups is 6. The lowest BCUT2D eigenvalue weighted by Crippen LogP contribution is -2.60. The molecule has 0 aromatic carbocycles. The van der Waals surface area contributed by atoms with Crippen LogP contribution in [-0.2, 0) is 14.2 Å². The van der Waals surface area contributed by atoms with Crippen LogP contribution in [0.2, 0.25) is 0 Å². The lowest BCUT2D eigenvalue weighted by Gasteiger charge is -2.41. The fraction of sp³-hybridized carbons (Fsp3) is 1.00. The van der Waals surface area contributed by atoms with Crippen LogP contribution >= 0.6 is 0 Å². The molecule has 0 radical (unpaired) electrons. The summed E-state index contributed by atoms with van der Waals surface area (Å²) in [6.07, 6.45) is -11.1. The van der Waals surface area contributed by atoms with Crippen LogP contribution in [-0.4, -0.2) is 93.1 Å². The van der Waals surface area contributed by atoms with Crippen molar-refractivity contribution in [3.8, 4) is 0 Å². The average molecular weight is 282 g/mol. The summed E-state index contributed by atoms with van der Waals surface area (Å²) in [6.45, 7) is -0.516. The van der Waals surface area contributed by atoms with Crippen molar-refractivity contribution in [3.63, 3.8) is 0 Å². The molecule has 2 heterocycles. The zero-order chi connectivity index (χ0) is 14.2. The van der Waals surface area contributed by atoms with E-state index in [0.717, 1.165) is 0 Å². The molecule has 9 nitrogen and oxygen atoms in total. The Morgan fingerprint density at radius 3 is 2.05 bits per heavy atom. The molecule has 2 fully saturated rings. The van der Waals surface area contributed by atoms with Gasteiger partial charge in [-0.2, -0.15) is 0 Å². The Labute approximate surface area is 108 Å². The summed E-state index contributed by atoms with van der Waals surface area (Å²) in [5, 5.41) is 57.0. The highest BCUT2D eigenvalue weighted by Crippen LogP contribution is 2.23. The predicted octanol–water partition coefficient (Wildman–Crippen LogP) is -4.12. The van der Waals surface area contributed by atoms with Crippen molar-refractivity contribution in [2.45, 2.75) is 49.2 Å². The first-order valence-corrected chi connectivity index (χ1v) is 5.89. The van der Waals surface area contributed by atoms with Gasteiger partial charge in [-0.25, -0.2) is 0 Å². The molecule has 9 heteroatoms. The molecule has 1 unspecified atom stereocenters. The van der Waals surface area contributed by atoms with Crippen LogP contribution in [0.3, 0.4) is 0 Å². The summed E-state index contributed by atoms with van der Waals surface area (Å²) in [7, 11) is 0. The first-order valence-electron chi connectivity index (χ1n) is 5.89. The highest BCUT2D eigenvalue weighted by Gasteiger charge is 2.45. The summed E-state index contributed by atoms with van der Waals surface area (Å²) in [5.74, 6) is 0. The van der Waals surface area contributed by atoms with E-state index in [1.54, 1.807) is 0 Å². The average Bonchev–Trinajstić information content (AvgIpc) is 2.39. The van der Waals surface area contributed by atoms with Crippen molar-refractivity contribution in [1.29, 1.82) is 0 Å². The Kier molecular flexibility index (Phi) is 4.71. The van der Waals surface area contributed by atoms with E-state index in [2.05, 4.69) is 4.74 Å². The van der Waals surface area contributed by atoms with E-state index in [4.69, 9.17) is 9.47 Å². The van der Waals surface area contributed by atoms with Crippen LogP contribution in [0.1, 0.15) is 0 Å². The van der Waals surface area contributed by atoms with Crippen molar-refractivity contribution in [2.24, 2.45) is 0 Å². The largest absolute Gasteiger partial charge is 0.388 e. The molecule has 8 atom stereocenters. The van der Waals surface area contributed by atoms with Crippen molar-refractivity contribution in [2.75, 3.05) is 13.2 Å². The summed E-state index contributed by atoms with van der Waals surface area (Å²) >= 11 is 0. The molecule has 112 valence electrons. The molecule has 0 bridgehead atoms. The van der Waals surface area contributed by atoms with Crippen molar-refractivity contribution >= 4 is 0 Å². The van der Waals surface area contributed by atoms with E-state index < -0.39 is 49.2 Å². The standard InChI is InChI=1S/C10H18O9/c11-3-1-18-10(6(14)5(3)13)19-8-4(12)2-17-9(16)7(8)15/h3-16H,1-2H2/t3-,4+,5+,6-,7-,8+,9?,10-/m1/s1. The molecule has 2 aliphatic heterocycles. The lowest BCUT2D eigenvalue weighted by atomic mass is 10.0. The van der Waals surface area contributed by atoms with E-state index in [0.29, 0.717) is 0 Å². The molecular weight excluding hydrogens is 264 g/mol. The Hall–Kier alpha value is -0.360. The maximum atomic E-state index is 9.66. The quantitative estimate of drug-likeness (QED) is 0.297. The third-order valence-electron chi connectivity index (χ3n) is 3.19. The minimum Gasteiger partial charge on any atom is -0.388 e. The highest BCUT2D eigenvalue weighted by molar-refractivity contribution is 4.87. The van der Waals surface area contributed by atoms with Gasteiger partial charge in [0.2, 0.25) is 0 Å². The van der Waals surface area contributed by atoms with Crippen LogP contribution in [0.15, 0.2) is 0 Å². The van der Waals surface area contributed by atoms with Crippen LogP contribution < -0.4 is 0 Å². The molecule has 0 aromatic heterocycles. The topological polar surface area (TPSA) is 149 Å². The third kappa shape index (κ3) is 3.05. The number of aliphatic hydroxyl groups excluding tert-OH is 6. The van der Waals surface area contributed by atoms with Crippen LogP contribution in [0, 0.1) is 0 Å². The molecule has 0 aromatic rings. The zero-order valence-electron chi connectivity index (χ0n) is 9.94. The SMILES string of the molecule is OC1OC[C@H](O)[C@H](O[C@H]2OC[C@@H](O)[C@H](O)[C@H]2O)[C@H]1O. The predicted molar refractivity (Wildman–Crippen MR) is 56.6 cm³/mol. The Balaban J connectivity index is 1.99. The molecule has 0 saturated carbocycles. The van der Waals surface area contributed by atoms with Crippen molar-refractivity contribution in [1.82, 2.24) is 0 Å². The second-order valence-corrected chi connectivity index (χ2v) is 4.63. The van der Waals surface area contributed by atoms with Gasteiger partial charge in [0.15, 0.2) is 12.6 Å². The van der Waals surface area contributed by atoms with Crippen LogP contribution in [0.5, 0.6) is 0 Å². The molecule has 19 heavy (non-hydrogen) atoms. The van der Waals surface area contributed by atoms with Gasteiger partial charge in [0.1, 0.15) is 36.6 Å². The van der Waals surface area contributed by atoms with Gasteiger partial charge in [0.05, 0.1) is 13.2 Å². The lowest BCUT2D eigenvalue weighted by molar-refractivity contribution is -0.329. The first kappa shape index (κ1) is 15.0. The molecule has 0 aliphatic carbocycles. The zero-order valence-corrected chi connectivity index (χ0v) is 9.94. The van der Waals surface area contributed by atoms with E-state index in [1.165, 1.54) is 0 Å². The molecule has 2 aliphatic rings. The third-order valence-corrected chi connectivity index (χ3v) is 3.19. The van der Waals surface area contributed by atoms with E-state index in [9.17, 15) is 30.6 Å². The monoisotopic (exact) mass is 282 g/mol. The van der Waals surface area contributed by atoms with Gasteiger partial charge in [-0.05, 0) is 0 Å². The minimum absolute atomic E-state index is 0.253. The second-order valence-electron chi connectivity index (χ2n) is 4.63. The number of rotatable bonds is 2. The van der Waals surface area contributed by atoms with Gasteiger partial charge in [0.25, 0.3) is 0 Å².